The van der Waals surface area contributed by atoms with Crippen molar-refractivity contribution in [3.8, 4) is 0 Å². The molecule has 0 heterocycles. The molecular formula is C21H29NO2. The molecule has 130 valence electrons. The van der Waals surface area contributed by atoms with Crippen LogP contribution in [0.3, 0.4) is 0 Å². The summed E-state index contributed by atoms with van der Waals surface area (Å²) in [5.41, 5.74) is 3.76. The van der Waals surface area contributed by atoms with Crippen molar-refractivity contribution in [2.24, 2.45) is 0 Å². The minimum Gasteiger partial charge on any atom is -0.389 e. The van der Waals surface area contributed by atoms with Gasteiger partial charge in [-0.25, -0.2) is 0 Å². The monoisotopic (exact) mass is 327 g/mol. The first-order chi connectivity index (χ1) is 11.7. The summed E-state index contributed by atoms with van der Waals surface area (Å²) in [6, 6.07) is 18.5. The molecule has 0 bridgehead atoms. The lowest BCUT2D eigenvalue weighted by Crippen LogP contribution is -2.35. The highest BCUT2D eigenvalue weighted by molar-refractivity contribution is 5.25. The lowest BCUT2D eigenvalue weighted by Gasteiger charge is -2.25. The maximum absolute atomic E-state index is 10.3. The lowest BCUT2D eigenvalue weighted by atomic mass is 10.1. The van der Waals surface area contributed by atoms with Crippen molar-refractivity contribution >= 4 is 0 Å². The molecule has 2 rings (SSSR count). The summed E-state index contributed by atoms with van der Waals surface area (Å²) >= 11 is 0. The number of hydrogen-bond acceptors (Lipinski definition) is 3. The molecule has 3 heteroatoms. The van der Waals surface area contributed by atoms with Crippen molar-refractivity contribution in [1.29, 1.82) is 0 Å². The zero-order valence-electron chi connectivity index (χ0n) is 14.8. The van der Waals surface area contributed by atoms with Crippen LogP contribution in [0.15, 0.2) is 54.6 Å². The summed E-state index contributed by atoms with van der Waals surface area (Å²) < 4.78 is 5.66. The van der Waals surface area contributed by atoms with Crippen LogP contribution in [0.1, 0.15) is 30.0 Å². The van der Waals surface area contributed by atoms with E-state index in [1.54, 1.807) is 0 Å². The summed E-state index contributed by atoms with van der Waals surface area (Å²) in [6.45, 7) is 7.70. The number of ether oxygens (including phenoxy) is 1. The minimum atomic E-state index is -0.468. The third kappa shape index (κ3) is 6.44. The van der Waals surface area contributed by atoms with E-state index in [1.807, 2.05) is 30.3 Å². The van der Waals surface area contributed by atoms with Gasteiger partial charge in [0.25, 0.3) is 0 Å². The van der Waals surface area contributed by atoms with Gasteiger partial charge in [0.2, 0.25) is 0 Å². The van der Waals surface area contributed by atoms with Gasteiger partial charge < -0.3 is 9.84 Å². The van der Waals surface area contributed by atoms with Gasteiger partial charge in [-0.05, 0) is 36.6 Å². The zero-order valence-corrected chi connectivity index (χ0v) is 14.8. The Kier molecular flexibility index (Phi) is 7.96. The first kappa shape index (κ1) is 18.7. The standard InChI is InChI=1S/C21H29NO2/c1-3-13-22(14-20-12-8-7-9-18(20)2)15-21(23)17-24-16-19-10-5-4-6-11-19/h4-12,21,23H,3,13-17H2,1-2H3/t21-/m0/s1. The Morgan fingerprint density at radius 3 is 2.46 bits per heavy atom. The van der Waals surface area contributed by atoms with Crippen LogP contribution >= 0.6 is 0 Å². The van der Waals surface area contributed by atoms with Gasteiger partial charge in [0, 0.05) is 13.1 Å². The van der Waals surface area contributed by atoms with Gasteiger partial charge in [0.05, 0.1) is 19.3 Å². The van der Waals surface area contributed by atoms with E-state index in [9.17, 15) is 5.11 Å². The molecule has 0 amide bonds. The molecule has 0 aromatic heterocycles. The molecule has 0 spiro atoms. The molecule has 1 atom stereocenters. The predicted molar refractivity (Wildman–Crippen MR) is 98.9 cm³/mol. The second-order valence-electron chi connectivity index (χ2n) is 6.32. The average molecular weight is 327 g/mol. The summed E-state index contributed by atoms with van der Waals surface area (Å²) in [6.07, 6.45) is 0.605. The Hall–Kier alpha value is -1.68. The number of hydrogen-bond donors (Lipinski definition) is 1. The molecule has 0 aliphatic rings. The van der Waals surface area contributed by atoms with Crippen LogP contribution in [0.4, 0.5) is 0 Å². The topological polar surface area (TPSA) is 32.7 Å². The predicted octanol–water partition coefficient (Wildman–Crippen LogP) is 3.78. The average Bonchev–Trinajstić information content (AvgIpc) is 2.58. The fraction of sp³-hybridized carbons (Fsp3) is 0.429. The van der Waals surface area contributed by atoms with E-state index in [0.29, 0.717) is 19.8 Å². The molecule has 0 saturated carbocycles. The summed E-state index contributed by atoms with van der Waals surface area (Å²) in [5, 5.41) is 10.3. The molecule has 0 fully saturated rings. The van der Waals surface area contributed by atoms with E-state index in [1.165, 1.54) is 11.1 Å². The largest absolute Gasteiger partial charge is 0.389 e. The molecule has 0 aliphatic carbocycles. The highest BCUT2D eigenvalue weighted by Crippen LogP contribution is 2.11. The van der Waals surface area contributed by atoms with E-state index in [0.717, 1.165) is 25.1 Å². The molecule has 2 aromatic carbocycles. The Balaban J connectivity index is 1.80. The van der Waals surface area contributed by atoms with Gasteiger partial charge in [-0.1, -0.05) is 61.5 Å². The van der Waals surface area contributed by atoms with Gasteiger partial charge in [-0.3, -0.25) is 4.90 Å². The molecule has 0 aliphatic heterocycles. The fourth-order valence-electron chi connectivity index (χ4n) is 2.82. The minimum absolute atomic E-state index is 0.364. The van der Waals surface area contributed by atoms with Crippen molar-refractivity contribution in [1.82, 2.24) is 4.90 Å². The number of benzene rings is 2. The van der Waals surface area contributed by atoms with Gasteiger partial charge in [-0.15, -0.1) is 0 Å². The van der Waals surface area contributed by atoms with Crippen LogP contribution in [-0.2, 0) is 17.9 Å². The van der Waals surface area contributed by atoms with Gasteiger partial charge in [-0.2, -0.15) is 0 Å². The van der Waals surface area contributed by atoms with E-state index >= 15 is 0 Å². The molecule has 3 nitrogen and oxygen atoms in total. The zero-order chi connectivity index (χ0) is 17.2. The van der Waals surface area contributed by atoms with Crippen molar-refractivity contribution < 1.29 is 9.84 Å². The smallest absolute Gasteiger partial charge is 0.0900 e. The first-order valence-electron chi connectivity index (χ1n) is 8.75. The van der Waals surface area contributed by atoms with Crippen LogP contribution in [0.25, 0.3) is 0 Å². The third-order valence-electron chi connectivity index (χ3n) is 4.09. The molecule has 1 N–H and O–H groups in total. The number of aliphatic hydroxyl groups excluding tert-OH is 1. The second kappa shape index (κ2) is 10.2. The van der Waals surface area contributed by atoms with Gasteiger partial charge in [0.15, 0.2) is 0 Å². The fourth-order valence-corrected chi connectivity index (χ4v) is 2.82. The van der Waals surface area contributed by atoms with Crippen molar-refractivity contribution in [2.75, 3.05) is 19.7 Å². The van der Waals surface area contributed by atoms with Crippen LogP contribution < -0.4 is 0 Å². The second-order valence-corrected chi connectivity index (χ2v) is 6.32. The highest BCUT2D eigenvalue weighted by atomic mass is 16.5. The summed E-state index contributed by atoms with van der Waals surface area (Å²) in [5.74, 6) is 0. The van der Waals surface area contributed by atoms with E-state index in [-0.39, 0.29) is 0 Å². The van der Waals surface area contributed by atoms with Crippen LogP contribution in [0.2, 0.25) is 0 Å². The van der Waals surface area contributed by atoms with E-state index in [4.69, 9.17) is 4.74 Å². The Bertz CT molecular complexity index is 585. The summed E-state index contributed by atoms with van der Waals surface area (Å²) in [7, 11) is 0. The van der Waals surface area contributed by atoms with Crippen molar-refractivity contribution in [2.45, 2.75) is 39.5 Å². The van der Waals surface area contributed by atoms with Crippen LogP contribution in [-0.4, -0.2) is 35.8 Å². The Morgan fingerprint density at radius 1 is 1.04 bits per heavy atom. The third-order valence-corrected chi connectivity index (χ3v) is 4.09. The van der Waals surface area contributed by atoms with E-state index < -0.39 is 6.10 Å². The van der Waals surface area contributed by atoms with E-state index in [2.05, 4.69) is 43.0 Å². The summed E-state index contributed by atoms with van der Waals surface area (Å²) in [4.78, 5) is 2.30. The Labute approximate surface area is 145 Å². The maximum atomic E-state index is 10.3. The lowest BCUT2D eigenvalue weighted by molar-refractivity contribution is 0.00854. The molecule has 0 unspecified atom stereocenters. The Morgan fingerprint density at radius 2 is 1.75 bits per heavy atom. The van der Waals surface area contributed by atoms with Crippen molar-refractivity contribution in [3.05, 3.63) is 71.3 Å². The SMILES string of the molecule is CCCN(Cc1ccccc1C)C[C@H](O)COCc1ccccc1. The maximum Gasteiger partial charge on any atom is 0.0900 e. The van der Waals surface area contributed by atoms with Gasteiger partial charge in [0.1, 0.15) is 0 Å². The highest BCUT2D eigenvalue weighted by Gasteiger charge is 2.13. The molecule has 0 radical (unpaired) electrons. The molecule has 2 aromatic rings. The first-order valence-corrected chi connectivity index (χ1v) is 8.75. The number of nitrogens with zero attached hydrogens (tertiary/aromatic N) is 1. The molecule has 24 heavy (non-hydrogen) atoms. The van der Waals surface area contributed by atoms with Gasteiger partial charge >= 0.3 is 0 Å². The number of aliphatic hydroxyl groups is 1. The van der Waals surface area contributed by atoms with Crippen LogP contribution in [0.5, 0.6) is 0 Å². The quantitative estimate of drug-likeness (QED) is 0.721. The van der Waals surface area contributed by atoms with Crippen LogP contribution in [0, 0.1) is 6.92 Å². The number of aryl methyl sites for hydroxylation is 1. The molecular weight excluding hydrogens is 298 g/mol. The molecule has 0 saturated heterocycles. The van der Waals surface area contributed by atoms with Crippen molar-refractivity contribution in [3.63, 3.8) is 0 Å². The number of rotatable bonds is 10. The normalized spacial score (nSPS) is 12.5.